The van der Waals surface area contributed by atoms with Crippen molar-refractivity contribution in [3.63, 3.8) is 0 Å². The normalized spacial score (nSPS) is 21.7. The third kappa shape index (κ3) is 3.78. The topological polar surface area (TPSA) is 50.2 Å². The number of nitrogens with one attached hydrogen (secondary N) is 1. The van der Waals surface area contributed by atoms with Gasteiger partial charge in [-0.2, -0.15) is 5.10 Å². The standard InChI is InChI=1S/C22H26Cl2N4O/c1-3-6-16-7-4-5-12-27(16)22(29)20-14(2)26-19-10-11-25-28(19)21(20)15-8-9-17(23)18(24)13-15/h8-11,13,16,21,26H,3-7,12H2,1-2H3. The molecule has 4 rings (SSSR count). The number of aromatic nitrogens is 2. The maximum absolute atomic E-state index is 13.8. The first-order valence-electron chi connectivity index (χ1n) is 10.3. The Kier molecular flexibility index (Phi) is 5.88. The zero-order valence-corrected chi connectivity index (χ0v) is 18.3. The third-order valence-corrected chi connectivity index (χ3v) is 6.65. The highest BCUT2D eigenvalue weighted by atomic mass is 35.5. The largest absolute Gasteiger partial charge is 0.344 e. The van der Waals surface area contributed by atoms with E-state index in [1.165, 1.54) is 6.42 Å². The number of fused-ring (bicyclic) bond motifs is 1. The molecule has 0 radical (unpaired) electrons. The Morgan fingerprint density at radius 3 is 2.83 bits per heavy atom. The Morgan fingerprint density at radius 2 is 2.07 bits per heavy atom. The van der Waals surface area contributed by atoms with Crippen molar-refractivity contribution >= 4 is 34.9 Å². The molecule has 2 unspecified atom stereocenters. The number of amides is 1. The molecule has 7 heteroatoms. The van der Waals surface area contributed by atoms with Gasteiger partial charge < -0.3 is 10.2 Å². The first-order valence-corrected chi connectivity index (χ1v) is 11.0. The van der Waals surface area contributed by atoms with Crippen molar-refractivity contribution in [2.45, 2.75) is 58.0 Å². The summed E-state index contributed by atoms with van der Waals surface area (Å²) >= 11 is 12.5. The van der Waals surface area contributed by atoms with Gasteiger partial charge in [-0.1, -0.05) is 42.6 Å². The van der Waals surface area contributed by atoms with Gasteiger partial charge in [-0.3, -0.25) is 4.79 Å². The number of hydrogen-bond donors (Lipinski definition) is 1. The van der Waals surface area contributed by atoms with Crippen LogP contribution in [-0.2, 0) is 4.79 Å². The summed E-state index contributed by atoms with van der Waals surface area (Å²) in [5.41, 5.74) is 2.49. The number of piperidine rings is 1. The van der Waals surface area contributed by atoms with Gasteiger partial charge in [-0.15, -0.1) is 0 Å². The first kappa shape index (κ1) is 20.3. The number of rotatable bonds is 4. The van der Waals surface area contributed by atoms with E-state index >= 15 is 0 Å². The average Bonchev–Trinajstić information content (AvgIpc) is 3.17. The van der Waals surface area contributed by atoms with Crippen LogP contribution in [0.2, 0.25) is 10.0 Å². The van der Waals surface area contributed by atoms with Gasteiger partial charge in [-0.25, -0.2) is 4.68 Å². The first-order chi connectivity index (χ1) is 14.0. The van der Waals surface area contributed by atoms with Gasteiger partial charge in [0.25, 0.3) is 5.91 Å². The Bertz CT molecular complexity index is 950. The van der Waals surface area contributed by atoms with Gasteiger partial charge in [0, 0.05) is 24.4 Å². The molecule has 2 atom stereocenters. The van der Waals surface area contributed by atoms with E-state index in [4.69, 9.17) is 23.2 Å². The number of hydrogen-bond acceptors (Lipinski definition) is 3. The summed E-state index contributed by atoms with van der Waals surface area (Å²) in [5, 5.41) is 8.84. The molecule has 1 fully saturated rings. The van der Waals surface area contributed by atoms with E-state index in [0.717, 1.165) is 54.9 Å². The number of carbonyl (C=O) groups is 1. The Labute approximate surface area is 181 Å². The SMILES string of the molecule is CCCC1CCCCN1C(=O)C1=C(C)Nc2ccnn2C1c1ccc(Cl)c(Cl)c1. The number of likely N-dealkylation sites (tertiary alicyclic amines) is 1. The van der Waals surface area contributed by atoms with Crippen LogP contribution in [0.25, 0.3) is 0 Å². The Morgan fingerprint density at radius 1 is 1.24 bits per heavy atom. The Hall–Kier alpha value is -1.98. The number of benzene rings is 1. The summed E-state index contributed by atoms with van der Waals surface area (Å²) in [4.78, 5) is 15.9. The van der Waals surface area contributed by atoms with E-state index in [-0.39, 0.29) is 11.9 Å². The summed E-state index contributed by atoms with van der Waals surface area (Å²) in [7, 11) is 0. The molecule has 0 aliphatic carbocycles. The second-order valence-corrected chi connectivity index (χ2v) is 8.65. The molecule has 0 bridgehead atoms. The van der Waals surface area contributed by atoms with E-state index in [2.05, 4.69) is 22.2 Å². The van der Waals surface area contributed by atoms with Crippen molar-refractivity contribution in [1.29, 1.82) is 0 Å². The lowest BCUT2D eigenvalue weighted by Crippen LogP contribution is -2.46. The van der Waals surface area contributed by atoms with Crippen LogP contribution in [0.3, 0.4) is 0 Å². The summed E-state index contributed by atoms with van der Waals surface area (Å²) in [5.74, 6) is 0.948. The molecule has 154 valence electrons. The second-order valence-electron chi connectivity index (χ2n) is 7.84. The van der Waals surface area contributed by atoms with Gasteiger partial charge in [0.1, 0.15) is 11.9 Å². The molecule has 2 aliphatic rings. The molecular formula is C22H26Cl2N4O. The zero-order valence-electron chi connectivity index (χ0n) is 16.8. The molecule has 1 amide bonds. The van der Waals surface area contributed by atoms with Gasteiger partial charge in [0.15, 0.2) is 0 Å². The van der Waals surface area contributed by atoms with Crippen molar-refractivity contribution in [2.75, 3.05) is 11.9 Å². The van der Waals surface area contributed by atoms with E-state index in [9.17, 15) is 4.79 Å². The maximum Gasteiger partial charge on any atom is 0.254 e. The van der Waals surface area contributed by atoms with Gasteiger partial charge >= 0.3 is 0 Å². The number of carbonyl (C=O) groups excluding carboxylic acids is 1. The summed E-state index contributed by atoms with van der Waals surface area (Å²) in [6, 6.07) is 7.42. The van der Waals surface area contributed by atoms with Crippen molar-refractivity contribution in [3.05, 3.63) is 57.3 Å². The lowest BCUT2D eigenvalue weighted by molar-refractivity contribution is -0.131. The molecule has 1 saturated heterocycles. The molecule has 1 N–H and O–H groups in total. The summed E-state index contributed by atoms with van der Waals surface area (Å²) < 4.78 is 1.86. The smallest absolute Gasteiger partial charge is 0.254 e. The van der Waals surface area contributed by atoms with Crippen molar-refractivity contribution in [2.24, 2.45) is 0 Å². The molecule has 1 aromatic heterocycles. The van der Waals surface area contributed by atoms with E-state index in [1.807, 2.05) is 29.8 Å². The summed E-state index contributed by atoms with van der Waals surface area (Å²) in [6.45, 7) is 4.95. The molecule has 1 aromatic carbocycles. The van der Waals surface area contributed by atoms with E-state index in [0.29, 0.717) is 16.1 Å². The molecule has 3 heterocycles. The van der Waals surface area contributed by atoms with E-state index in [1.54, 1.807) is 12.3 Å². The highest BCUT2D eigenvalue weighted by Gasteiger charge is 2.37. The fraction of sp³-hybridized carbons (Fsp3) is 0.455. The lowest BCUT2D eigenvalue weighted by Gasteiger charge is -2.39. The zero-order chi connectivity index (χ0) is 20.5. The van der Waals surface area contributed by atoms with Gasteiger partial charge in [-0.05, 0) is 50.3 Å². The van der Waals surface area contributed by atoms with Crippen LogP contribution in [0.5, 0.6) is 0 Å². The predicted molar refractivity (Wildman–Crippen MR) is 117 cm³/mol. The van der Waals surface area contributed by atoms with Crippen molar-refractivity contribution in [3.8, 4) is 0 Å². The fourth-order valence-electron chi connectivity index (χ4n) is 4.53. The summed E-state index contributed by atoms with van der Waals surface area (Å²) in [6.07, 6.45) is 7.17. The van der Waals surface area contributed by atoms with Crippen LogP contribution in [-0.4, -0.2) is 33.2 Å². The van der Waals surface area contributed by atoms with Crippen molar-refractivity contribution < 1.29 is 4.79 Å². The Balaban J connectivity index is 1.78. The fourth-order valence-corrected chi connectivity index (χ4v) is 4.84. The van der Waals surface area contributed by atoms with E-state index < -0.39 is 0 Å². The minimum absolute atomic E-state index is 0.0883. The number of halogens is 2. The van der Waals surface area contributed by atoms with Crippen LogP contribution < -0.4 is 5.32 Å². The van der Waals surface area contributed by atoms with Crippen LogP contribution >= 0.6 is 23.2 Å². The maximum atomic E-state index is 13.8. The average molecular weight is 433 g/mol. The predicted octanol–water partition coefficient (Wildman–Crippen LogP) is 5.66. The van der Waals surface area contributed by atoms with Crippen molar-refractivity contribution in [1.82, 2.24) is 14.7 Å². The molecule has 29 heavy (non-hydrogen) atoms. The monoisotopic (exact) mass is 432 g/mol. The number of anilines is 1. The van der Waals surface area contributed by atoms with Crippen LogP contribution in [0.1, 0.15) is 57.6 Å². The highest BCUT2D eigenvalue weighted by molar-refractivity contribution is 6.42. The second kappa shape index (κ2) is 8.41. The highest BCUT2D eigenvalue weighted by Crippen LogP contribution is 2.39. The number of nitrogens with zero attached hydrogens (tertiary/aromatic N) is 3. The van der Waals surface area contributed by atoms with Crippen LogP contribution in [0.15, 0.2) is 41.7 Å². The quantitative estimate of drug-likeness (QED) is 0.677. The van der Waals surface area contributed by atoms with Crippen LogP contribution in [0.4, 0.5) is 5.82 Å². The van der Waals surface area contributed by atoms with Gasteiger partial charge in [0.05, 0.1) is 21.8 Å². The van der Waals surface area contributed by atoms with Gasteiger partial charge in [0.2, 0.25) is 0 Å². The molecule has 2 aromatic rings. The molecule has 0 saturated carbocycles. The molecular weight excluding hydrogens is 407 g/mol. The molecule has 0 spiro atoms. The third-order valence-electron chi connectivity index (χ3n) is 5.91. The van der Waals surface area contributed by atoms with Crippen LogP contribution in [0, 0.1) is 0 Å². The molecule has 5 nitrogen and oxygen atoms in total. The molecule has 2 aliphatic heterocycles. The minimum Gasteiger partial charge on any atom is -0.344 e. The number of allylic oxidation sites excluding steroid dienone is 1. The lowest BCUT2D eigenvalue weighted by atomic mass is 9.91. The minimum atomic E-state index is -0.340.